The highest BCUT2D eigenvalue weighted by atomic mass is 32.2. The number of aliphatic hydroxyl groups is 2. The Morgan fingerprint density at radius 1 is 1.21 bits per heavy atom. The van der Waals surface area contributed by atoms with E-state index in [0.29, 0.717) is 5.69 Å². The van der Waals surface area contributed by atoms with E-state index >= 15 is 0 Å². The molecule has 0 saturated heterocycles. The maximum Gasteiger partial charge on any atom is 0.229 e. The summed E-state index contributed by atoms with van der Waals surface area (Å²) in [6.07, 6.45) is 1.29. The van der Waals surface area contributed by atoms with Crippen molar-refractivity contribution in [2.45, 2.75) is 38.4 Å². The molecule has 0 saturated carbocycles. The van der Waals surface area contributed by atoms with Gasteiger partial charge in [-0.1, -0.05) is 12.1 Å². The van der Waals surface area contributed by atoms with Crippen LogP contribution >= 0.6 is 0 Å². The normalized spacial score (nSPS) is 15.9. The molecule has 0 aliphatic carbocycles. The van der Waals surface area contributed by atoms with Gasteiger partial charge in [0.05, 0.1) is 17.5 Å². The summed E-state index contributed by atoms with van der Waals surface area (Å²) in [6.45, 7) is 4.61. The van der Waals surface area contributed by atoms with E-state index in [4.69, 9.17) is 0 Å². The second-order valence-electron chi connectivity index (χ2n) is 5.58. The van der Waals surface area contributed by atoms with E-state index in [0.717, 1.165) is 11.8 Å². The predicted molar refractivity (Wildman–Crippen MR) is 75.5 cm³/mol. The molecule has 0 fully saturated rings. The fourth-order valence-electron chi connectivity index (χ4n) is 1.57. The van der Waals surface area contributed by atoms with Gasteiger partial charge in [0.2, 0.25) is 10.0 Å². The van der Waals surface area contributed by atoms with Gasteiger partial charge >= 0.3 is 0 Å². The zero-order chi connectivity index (χ0) is 14.9. The zero-order valence-corrected chi connectivity index (χ0v) is 12.5. The molecule has 0 aromatic heterocycles. The Labute approximate surface area is 114 Å². The van der Waals surface area contributed by atoms with Crippen LogP contribution in [0.5, 0.6) is 0 Å². The first-order chi connectivity index (χ1) is 8.41. The molecular weight excluding hydrogens is 266 g/mol. The highest BCUT2D eigenvalue weighted by Gasteiger charge is 2.37. The molecule has 0 bridgehead atoms. The van der Waals surface area contributed by atoms with Gasteiger partial charge in [-0.15, -0.1) is 0 Å². The average molecular weight is 287 g/mol. The fraction of sp³-hybridized carbons (Fsp3) is 0.538. The van der Waals surface area contributed by atoms with Crippen LogP contribution in [-0.4, -0.2) is 36.1 Å². The lowest BCUT2D eigenvalue weighted by atomic mass is 9.82. The van der Waals surface area contributed by atoms with Crippen LogP contribution in [0, 0.1) is 0 Å². The largest absolute Gasteiger partial charge is 0.387 e. The Bertz CT molecular complexity index is 544. The molecular formula is C13H21NO4S. The number of sulfonamides is 1. The molecule has 0 radical (unpaired) electrons. The lowest BCUT2D eigenvalue weighted by Gasteiger charge is -2.35. The van der Waals surface area contributed by atoms with Gasteiger partial charge in [-0.05, 0) is 38.5 Å². The van der Waals surface area contributed by atoms with E-state index in [-0.39, 0.29) is 6.42 Å². The monoisotopic (exact) mass is 287 g/mol. The van der Waals surface area contributed by atoms with Crippen LogP contribution in [0.1, 0.15) is 26.3 Å². The lowest BCUT2D eigenvalue weighted by Crippen LogP contribution is -2.49. The molecule has 1 rings (SSSR count). The van der Waals surface area contributed by atoms with E-state index in [2.05, 4.69) is 4.72 Å². The van der Waals surface area contributed by atoms with E-state index in [1.807, 2.05) is 0 Å². The number of hydrogen-bond donors (Lipinski definition) is 3. The van der Waals surface area contributed by atoms with Gasteiger partial charge in [-0.25, -0.2) is 8.42 Å². The minimum absolute atomic E-state index is 0.218. The smallest absolute Gasteiger partial charge is 0.229 e. The van der Waals surface area contributed by atoms with Crippen LogP contribution in [0.3, 0.4) is 0 Å². The Morgan fingerprint density at radius 3 is 2.26 bits per heavy atom. The van der Waals surface area contributed by atoms with Crippen LogP contribution in [0.4, 0.5) is 5.69 Å². The van der Waals surface area contributed by atoms with Crippen molar-refractivity contribution >= 4 is 15.7 Å². The second-order valence-corrected chi connectivity index (χ2v) is 7.33. The van der Waals surface area contributed by atoms with Crippen molar-refractivity contribution in [2.75, 3.05) is 11.0 Å². The SMILES string of the molecule is CC(C)(O)C(C)(O)Cc1cccc(NS(C)(=O)=O)c1. The molecule has 0 aliphatic heterocycles. The summed E-state index contributed by atoms with van der Waals surface area (Å²) in [5.74, 6) is 0. The van der Waals surface area contributed by atoms with Crippen molar-refractivity contribution < 1.29 is 18.6 Å². The maximum absolute atomic E-state index is 11.2. The van der Waals surface area contributed by atoms with Gasteiger partial charge in [0, 0.05) is 12.1 Å². The maximum atomic E-state index is 11.2. The Balaban J connectivity index is 2.95. The van der Waals surface area contributed by atoms with Gasteiger partial charge < -0.3 is 10.2 Å². The number of rotatable bonds is 5. The molecule has 108 valence electrons. The predicted octanol–water partition coefficient (Wildman–Crippen LogP) is 1.12. The summed E-state index contributed by atoms with van der Waals surface area (Å²) in [5, 5.41) is 20.1. The summed E-state index contributed by atoms with van der Waals surface area (Å²) in [4.78, 5) is 0. The van der Waals surface area contributed by atoms with Crippen molar-refractivity contribution in [3.63, 3.8) is 0 Å². The van der Waals surface area contributed by atoms with Crippen LogP contribution in [0.15, 0.2) is 24.3 Å². The van der Waals surface area contributed by atoms with Crippen LogP contribution < -0.4 is 4.72 Å². The minimum Gasteiger partial charge on any atom is -0.387 e. The zero-order valence-electron chi connectivity index (χ0n) is 11.6. The molecule has 0 spiro atoms. The standard InChI is InChI=1S/C13H21NO4S/c1-12(2,15)13(3,16)9-10-6-5-7-11(8-10)14-19(4,17)18/h5-8,14-16H,9H2,1-4H3. The van der Waals surface area contributed by atoms with E-state index in [1.54, 1.807) is 31.2 Å². The first-order valence-electron chi connectivity index (χ1n) is 5.92. The third-order valence-electron chi connectivity index (χ3n) is 3.10. The molecule has 1 aromatic rings. The topological polar surface area (TPSA) is 86.6 Å². The highest BCUT2D eigenvalue weighted by Crippen LogP contribution is 2.26. The summed E-state index contributed by atoms with van der Waals surface area (Å²) in [7, 11) is -3.33. The summed E-state index contributed by atoms with van der Waals surface area (Å²) < 4.78 is 24.7. The Kier molecular flexibility index (Phi) is 4.29. The average Bonchev–Trinajstić information content (AvgIpc) is 2.12. The van der Waals surface area contributed by atoms with E-state index in [9.17, 15) is 18.6 Å². The molecule has 0 heterocycles. The molecule has 5 nitrogen and oxygen atoms in total. The van der Waals surface area contributed by atoms with Crippen LogP contribution in [0.25, 0.3) is 0 Å². The minimum atomic E-state index is -3.33. The first-order valence-corrected chi connectivity index (χ1v) is 7.81. The van der Waals surface area contributed by atoms with Crippen molar-refractivity contribution in [3.05, 3.63) is 29.8 Å². The molecule has 1 atom stereocenters. The molecule has 0 aliphatic rings. The molecule has 6 heteroatoms. The van der Waals surface area contributed by atoms with Gasteiger partial charge in [0.1, 0.15) is 0 Å². The number of benzene rings is 1. The summed E-state index contributed by atoms with van der Waals surface area (Å²) in [6, 6.07) is 6.74. The Hall–Kier alpha value is -1.11. The highest BCUT2D eigenvalue weighted by molar-refractivity contribution is 7.92. The van der Waals surface area contributed by atoms with Gasteiger partial charge in [-0.2, -0.15) is 0 Å². The van der Waals surface area contributed by atoms with Crippen molar-refractivity contribution in [1.29, 1.82) is 0 Å². The molecule has 19 heavy (non-hydrogen) atoms. The molecule has 1 unspecified atom stereocenters. The van der Waals surface area contributed by atoms with Crippen LogP contribution in [0.2, 0.25) is 0 Å². The molecule has 0 amide bonds. The number of nitrogens with one attached hydrogen (secondary N) is 1. The second kappa shape index (κ2) is 5.11. The lowest BCUT2D eigenvalue weighted by molar-refractivity contribution is -0.118. The van der Waals surface area contributed by atoms with E-state index in [1.165, 1.54) is 13.8 Å². The fourth-order valence-corrected chi connectivity index (χ4v) is 2.13. The summed E-state index contributed by atoms with van der Waals surface area (Å²) in [5.41, 5.74) is -1.39. The number of hydrogen-bond acceptors (Lipinski definition) is 4. The first kappa shape index (κ1) is 15.9. The summed E-state index contributed by atoms with van der Waals surface area (Å²) >= 11 is 0. The van der Waals surface area contributed by atoms with Gasteiger partial charge in [0.25, 0.3) is 0 Å². The number of anilines is 1. The molecule has 1 aromatic carbocycles. The third kappa shape index (κ3) is 4.81. The van der Waals surface area contributed by atoms with Crippen molar-refractivity contribution in [3.8, 4) is 0 Å². The van der Waals surface area contributed by atoms with Crippen molar-refractivity contribution in [1.82, 2.24) is 0 Å². The van der Waals surface area contributed by atoms with Crippen molar-refractivity contribution in [2.24, 2.45) is 0 Å². The molecule has 3 N–H and O–H groups in total. The Morgan fingerprint density at radius 2 is 1.79 bits per heavy atom. The van der Waals surface area contributed by atoms with Gasteiger partial charge in [-0.3, -0.25) is 4.72 Å². The third-order valence-corrected chi connectivity index (χ3v) is 3.70. The van der Waals surface area contributed by atoms with E-state index < -0.39 is 21.2 Å². The van der Waals surface area contributed by atoms with Gasteiger partial charge in [0.15, 0.2) is 0 Å². The quantitative estimate of drug-likeness (QED) is 0.757. The van der Waals surface area contributed by atoms with Crippen LogP contribution in [-0.2, 0) is 16.4 Å².